The molecule has 0 saturated carbocycles. The van der Waals surface area contributed by atoms with E-state index in [0.29, 0.717) is 56.3 Å². The van der Waals surface area contributed by atoms with Gasteiger partial charge in [0.25, 0.3) is 0 Å². The highest BCUT2D eigenvalue weighted by Gasteiger charge is 2.67. The van der Waals surface area contributed by atoms with E-state index in [1.807, 2.05) is 18.2 Å². The quantitative estimate of drug-likeness (QED) is 0.503. The Morgan fingerprint density at radius 3 is 2.76 bits per heavy atom. The van der Waals surface area contributed by atoms with Gasteiger partial charge < -0.3 is 28.7 Å². The Morgan fingerprint density at radius 1 is 1.18 bits per heavy atom. The number of anilines is 1. The summed E-state index contributed by atoms with van der Waals surface area (Å²) >= 11 is 0. The Kier molecular flexibility index (Phi) is 4.65. The van der Waals surface area contributed by atoms with E-state index in [4.69, 9.17) is 18.9 Å². The molecule has 0 aromatic heterocycles. The van der Waals surface area contributed by atoms with E-state index in [1.165, 1.54) is 0 Å². The number of ether oxygens (including phenoxy) is 4. The lowest BCUT2D eigenvalue weighted by molar-refractivity contribution is -0.152. The zero-order chi connectivity index (χ0) is 22.7. The van der Waals surface area contributed by atoms with E-state index in [9.17, 15) is 14.4 Å². The summed E-state index contributed by atoms with van der Waals surface area (Å²) in [5.74, 6) is -0.409. The van der Waals surface area contributed by atoms with Crippen molar-refractivity contribution in [1.82, 2.24) is 4.90 Å². The van der Waals surface area contributed by atoms with Crippen LogP contribution in [0.15, 0.2) is 30.4 Å². The number of piperidine rings is 1. The molecular weight excluding hydrogens is 428 g/mol. The van der Waals surface area contributed by atoms with Gasteiger partial charge in [-0.1, -0.05) is 12.2 Å². The average molecular weight is 454 g/mol. The van der Waals surface area contributed by atoms with Gasteiger partial charge in [-0.15, -0.1) is 0 Å². The maximum Gasteiger partial charge on any atom is 0.309 e. The molecule has 9 nitrogen and oxygen atoms in total. The van der Waals surface area contributed by atoms with E-state index >= 15 is 0 Å². The first-order valence-corrected chi connectivity index (χ1v) is 11.5. The molecule has 1 aromatic rings. The molecule has 174 valence electrons. The van der Waals surface area contributed by atoms with Crippen LogP contribution in [0, 0.1) is 17.8 Å². The van der Waals surface area contributed by atoms with Gasteiger partial charge in [-0.05, 0) is 31.9 Å². The number of hydrogen-bond donors (Lipinski definition) is 0. The van der Waals surface area contributed by atoms with Crippen LogP contribution < -0.4 is 14.4 Å². The van der Waals surface area contributed by atoms with Crippen molar-refractivity contribution >= 4 is 23.5 Å². The molecule has 0 radical (unpaired) electrons. The third kappa shape index (κ3) is 3.05. The van der Waals surface area contributed by atoms with Crippen molar-refractivity contribution < 1.29 is 33.3 Å². The number of fused-ring (bicyclic) bond motifs is 2. The van der Waals surface area contributed by atoms with Crippen LogP contribution in [0.1, 0.15) is 19.8 Å². The largest absolute Gasteiger partial charge is 0.466 e. The number of benzene rings is 1. The molecule has 33 heavy (non-hydrogen) atoms. The molecule has 0 unspecified atom stereocenters. The van der Waals surface area contributed by atoms with E-state index < -0.39 is 23.5 Å². The molecule has 2 bridgehead atoms. The first kappa shape index (κ1) is 20.5. The van der Waals surface area contributed by atoms with Crippen molar-refractivity contribution in [2.24, 2.45) is 17.8 Å². The van der Waals surface area contributed by atoms with Gasteiger partial charge in [-0.25, -0.2) is 0 Å². The van der Waals surface area contributed by atoms with Crippen LogP contribution in [0.25, 0.3) is 0 Å². The highest BCUT2D eigenvalue weighted by Crippen LogP contribution is 2.53. The predicted molar refractivity (Wildman–Crippen MR) is 115 cm³/mol. The summed E-state index contributed by atoms with van der Waals surface area (Å²) in [6.07, 6.45) is 4.62. The Bertz CT molecular complexity index is 1050. The van der Waals surface area contributed by atoms with Gasteiger partial charge in [0.1, 0.15) is 5.60 Å². The topological polar surface area (TPSA) is 94.6 Å². The Balaban J connectivity index is 1.20. The van der Waals surface area contributed by atoms with Gasteiger partial charge in [0.2, 0.25) is 18.6 Å². The summed E-state index contributed by atoms with van der Waals surface area (Å²) in [5, 5.41) is 0. The number of amides is 2. The van der Waals surface area contributed by atoms with Gasteiger partial charge >= 0.3 is 5.97 Å². The van der Waals surface area contributed by atoms with Crippen LogP contribution >= 0.6 is 0 Å². The minimum Gasteiger partial charge on any atom is -0.466 e. The SMILES string of the molecule is CCOC(=O)C1CCN(C(=O)[C@H]2[C@H]3C(=O)N(c4ccc5c(c4)OCO5)C[C@]34C=C[C@H]2O4)CC1. The third-order valence-corrected chi connectivity index (χ3v) is 7.48. The highest BCUT2D eigenvalue weighted by molar-refractivity contribution is 6.03. The van der Waals surface area contributed by atoms with Crippen molar-refractivity contribution in [2.45, 2.75) is 31.5 Å². The molecule has 1 spiro atoms. The molecular formula is C24H26N2O7. The number of rotatable bonds is 4. The van der Waals surface area contributed by atoms with E-state index in [1.54, 1.807) is 28.9 Å². The standard InChI is InChI=1S/C24H26N2O7/c1-2-30-23(29)14-6-9-25(10-7-14)21(27)19-17-5-8-24(33-17)12-26(22(28)20(19)24)15-3-4-16-18(11-15)32-13-31-16/h3-5,8,11,14,17,19-20H,2,6-7,9-10,12-13H2,1H3/t17-,19-,20+,24-/m1/s1. The zero-order valence-electron chi connectivity index (χ0n) is 18.4. The number of carbonyl (C=O) groups is 3. The molecule has 5 aliphatic heterocycles. The van der Waals surface area contributed by atoms with E-state index in [-0.39, 0.29) is 30.5 Å². The molecule has 3 fully saturated rings. The van der Waals surface area contributed by atoms with Crippen molar-refractivity contribution in [2.75, 3.05) is 37.9 Å². The van der Waals surface area contributed by atoms with Crippen molar-refractivity contribution in [3.63, 3.8) is 0 Å². The zero-order valence-corrected chi connectivity index (χ0v) is 18.4. The molecule has 1 aromatic carbocycles. The lowest BCUT2D eigenvalue weighted by Gasteiger charge is -2.34. The predicted octanol–water partition coefficient (Wildman–Crippen LogP) is 1.50. The summed E-state index contributed by atoms with van der Waals surface area (Å²) in [4.78, 5) is 42.7. The molecule has 0 aliphatic carbocycles. The molecule has 5 heterocycles. The fourth-order valence-electron chi connectivity index (χ4n) is 5.86. The summed E-state index contributed by atoms with van der Waals surface area (Å²) in [6.45, 7) is 3.63. The molecule has 4 atom stereocenters. The smallest absolute Gasteiger partial charge is 0.309 e. The fourth-order valence-corrected chi connectivity index (χ4v) is 5.86. The number of likely N-dealkylation sites (tertiary alicyclic amines) is 1. The second-order valence-electron chi connectivity index (χ2n) is 9.21. The normalized spacial score (nSPS) is 31.9. The van der Waals surface area contributed by atoms with Crippen LogP contribution in [0.5, 0.6) is 11.5 Å². The first-order chi connectivity index (χ1) is 16.0. The highest BCUT2D eigenvalue weighted by atomic mass is 16.7. The summed E-state index contributed by atoms with van der Waals surface area (Å²) in [7, 11) is 0. The molecule has 3 saturated heterocycles. The summed E-state index contributed by atoms with van der Waals surface area (Å²) < 4.78 is 22.2. The lowest BCUT2D eigenvalue weighted by Crippen LogP contribution is -2.49. The van der Waals surface area contributed by atoms with Crippen molar-refractivity contribution in [1.29, 1.82) is 0 Å². The lowest BCUT2D eigenvalue weighted by atomic mass is 9.76. The van der Waals surface area contributed by atoms with Gasteiger partial charge in [-0.3, -0.25) is 14.4 Å². The van der Waals surface area contributed by atoms with Crippen LogP contribution in [0.2, 0.25) is 0 Å². The minimum atomic E-state index is -0.790. The first-order valence-electron chi connectivity index (χ1n) is 11.5. The summed E-state index contributed by atoms with van der Waals surface area (Å²) in [6, 6.07) is 5.42. The maximum atomic E-state index is 13.6. The monoisotopic (exact) mass is 454 g/mol. The van der Waals surface area contributed by atoms with Gasteiger partial charge in [0.05, 0.1) is 37.0 Å². The van der Waals surface area contributed by atoms with Gasteiger partial charge in [0, 0.05) is 24.8 Å². The fraction of sp³-hybridized carbons (Fsp3) is 0.542. The Labute approximate surface area is 191 Å². The van der Waals surface area contributed by atoms with Crippen LogP contribution in [-0.4, -0.2) is 67.4 Å². The minimum absolute atomic E-state index is 0.0700. The van der Waals surface area contributed by atoms with E-state index in [0.717, 1.165) is 0 Å². The van der Waals surface area contributed by atoms with Gasteiger partial charge in [0.15, 0.2) is 11.5 Å². The Hall–Kier alpha value is -3.07. The average Bonchev–Trinajstić information content (AvgIpc) is 3.59. The van der Waals surface area contributed by atoms with Crippen molar-refractivity contribution in [3.05, 3.63) is 30.4 Å². The van der Waals surface area contributed by atoms with E-state index in [2.05, 4.69) is 0 Å². The van der Waals surface area contributed by atoms with Crippen LogP contribution in [-0.2, 0) is 23.9 Å². The van der Waals surface area contributed by atoms with Crippen molar-refractivity contribution in [3.8, 4) is 11.5 Å². The van der Waals surface area contributed by atoms with Gasteiger partial charge in [-0.2, -0.15) is 0 Å². The molecule has 5 aliphatic rings. The molecule has 0 N–H and O–H groups in total. The number of hydrogen-bond acceptors (Lipinski definition) is 7. The maximum absolute atomic E-state index is 13.6. The molecule has 2 amide bonds. The Morgan fingerprint density at radius 2 is 1.97 bits per heavy atom. The second-order valence-corrected chi connectivity index (χ2v) is 9.21. The van der Waals surface area contributed by atoms with Crippen LogP contribution in [0.4, 0.5) is 5.69 Å². The second kappa shape index (κ2) is 7.48. The summed E-state index contributed by atoms with van der Waals surface area (Å²) in [5.41, 5.74) is -0.0863. The third-order valence-electron chi connectivity index (χ3n) is 7.48. The molecule has 9 heteroatoms. The number of carbonyl (C=O) groups excluding carboxylic acids is 3. The number of esters is 1. The number of nitrogens with zero attached hydrogens (tertiary/aromatic N) is 2. The molecule has 6 rings (SSSR count). The van der Waals surface area contributed by atoms with Crippen LogP contribution in [0.3, 0.4) is 0 Å².